The molecule has 0 radical (unpaired) electrons. The van der Waals surface area contributed by atoms with E-state index in [1.165, 1.54) is 0 Å². The number of hydrogen-bond donors (Lipinski definition) is 1. The zero-order valence-corrected chi connectivity index (χ0v) is 17.4. The van der Waals surface area contributed by atoms with Gasteiger partial charge in [0.25, 0.3) is 5.91 Å². The van der Waals surface area contributed by atoms with Crippen LogP contribution < -0.4 is 5.32 Å². The average molecular weight is 425 g/mol. The Kier molecular flexibility index (Phi) is 5.26. The molecule has 1 N–H and O–H groups in total. The van der Waals surface area contributed by atoms with E-state index in [4.69, 9.17) is 28.2 Å². The van der Waals surface area contributed by atoms with Crippen LogP contribution in [0.2, 0.25) is 10.0 Å². The highest BCUT2D eigenvalue weighted by molar-refractivity contribution is 6.40. The monoisotopic (exact) mass is 424 g/mol. The van der Waals surface area contributed by atoms with Crippen molar-refractivity contribution in [2.24, 2.45) is 0 Å². The van der Waals surface area contributed by atoms with Crippen molar-refractivity contribution in [3.63, 3.8) is 0 Å². The minimum atomic E-state index is -0.305. The van der Waals surface area contributed by atoms with Gasteiger partial charge in [-0.15, -0.1) is 0 Å². The summed E-state index contributed by atoms with van der Waals surface area (Å²) in [7, 11) is 0. The molecule has 0 unspecified atom stereocenters. The van der Waals surface area contributed by atoms with Crippen molar-refractivity contribution in [3.8, 4) is 11.3 Å². The van der Waals surface area contributed by atoms with E-state index in [2.05, 4.69) is 10.4 Å². The Balaban J connectivity index is 1.85. The smallest absolute Gasteiger partial charge is 0.256 e. The number of halogens is 2. The minimum Gasteiger partial charge on any atom is -0.319 e. The number of aromatic nitrogens is 3. The number of benzene rings is 2. The molecule has 4 rings (SSSR count). The molecule has 4 aromatic rings. The summed E-state index contributed by atoms with van der Waals surface area (Å²) in [4.78, 5) is 17.9. The van der Waals surface area contributed by atoms with Crippen LogP contribution >= 0.6 is 23.2 Å². The number of para-hydroxylation sites is 2. The maximum Gasteiger partial charge on any atom is 0.256 e. The zero-order valence-electron chi connectivity index (χ0n) is 15.9. The number of rotatable bonds is 4. The van der Waals surface area contributed by atoms with Gasteiger partial charge in [-0.05, 0) is 38.1 Å². The Bertz CT molecular complexity index is 1210. The lowest BCUT2D eigenvalue weighted by Gasteiger charge is -2.12. The van der Waals surface area contributed by atoms with Gasteiger partial charge >= 0.3 is 0 Å². The van der Waals surface area contributed by atoms with E-state index in [9.17, 15) is 4.79 Å². The molecule has 0 saturated carbocycles. The van der Waals surface area contributed by atoms with Gasteiger partial charge in [0.15, 0.2) is 0 Å². The van der Waals surface area contributed by atoms with E-state index in [1.807, 2.05) is 42.8 Å². The molecule has 0 spiro atoms. The normalized spacial score (nSPS) is 11.0. The lowest BCUT2D eigenvalue weighted by atomic mass is 10.0. The molecular formula is C22H18Cl2N4O. The molecule has 146 valence electrons. The summed E-state index contributed by atoms with van der Waals surface area (Å²) in [6.45, 7) is 4.79. The third-order valence-electron chi connectivity index (χ3n) is 4.84. The van der Waals surface area contributed by atoms with Crippen LogP contribution in [0.4, 0.5) is 5.69 Å². The van der Waals surface area contributed by atoms with Crippen molar-refractivity contribution in [2.75, 3.05) is 5.32 Å². The number of nitrogens with one attached hydrogen (secondary N) is 1. The molecule has 0 bridgehead atoms. The quantitative estimate of drug-likeness (QED) is 0.437. The number of carbonyl (C=O) groups excluding carboxylic acids is 1. The van der Waals surface area contributed by atoms with Gasteiger partial charge in [0.05, 0.1) is 38.7 Å². The molecular weight excluding hydrogens is 407 g/mol. The first-order chi connectivity index (χ1) is 14.0. The Morgan fingerprint density at radius 2 is 1.83 bits per heavy atom. The highest BCUT2D eigenvalue weighted by atomic mass is 35.5. The summed E-state index contributed by atoms with van der Waals surface area (Å²) in [6, 6.07) is 14.4. The SMILES string of the molecule is CCn1ncc(-c2cc(C(=O)Nc3c(Cl)cccc3Cl)c3ccccc3n2)c1C. The van der Waals surface area contributed by atoms with Gasteiger partial charge in [0, 0.05) is 23.2 Å². The van der Waals surface area contributed by atoms with Crippen molar-refractivity contribution >= 4 is 45.7 Å². The standard InChI is InChI=1S/C22H18Cl2N4O/c1-3-28-13(2)16(12-25-28)20-11-15(14-7-4-5-10-19(14)26-20)22(29)27-21-17(23)8-6-9-18(21)24/h4-12H,3H2,1-2H3,(H,27,29). The van der Waals surface area contributed by atoms with Gasteiger partial charge in [-0.3, -0.25) is 9.48 Å². The van der Waals surface area contributed by atoms with Crippen LogP contribution in [0, 0.1) is 6.92 Å². The lowest BCUT2D eigenvalue weighted by molar-refractivity contribution is 0.102. The third-order valence-corrected chi connectivity index (χ3v) is 5.47. The summed E-state index contributed by atoms with van der Waals surface area (Å²) in [5, 5.41) is 8.75. The van der Waals surface area contributed by atoms with Crippen LogP contribution in [0.5, 0.6) is 0 Å². The topological polar surface area (TPSA) is 59.8 Å². The number of nitrogens with zero attached hydrogens (tertiary/aromatic N) is 3. The maximum atomic E-state index is 13.2. The number of carbonyl (C=O) groups is 1. The second kappa shape index (κ2) is 7.85. The van der Waals surface area contributed by atoms with Crippen LogP contribution in [-0.4, -0.2) is 20.7 Å². The molecule has 0 atom stereocenters. The first-order valence-electron chi connectivity index (χ1n) is 9.17. The van der Waals surface area contributed by atoms with E-state index in [0.717, 1.165) is 28.7 Å². The molecule has 0 aliphatic rings. The van der Waals surface area contributed by atoms with Crippen LogP contribution in [0.15, 0.2) is 54.7 Å². The number of pyridine rings is 1. The number of aryl methyl sites for hydroxylation is 1. The molecule has 2 aromatic heterocycles. The van der Waals surface area contributed by atoms with Gasteiger partial charge in [0.2, 0.25) is 0 Å². The Morgan fingerprint density at radius 1 is 1.10 bits per heavy atom. The molecule has 2 heterocycles. The summed E-state index contributed by atoms with van der Waals surface area (Å²) in [5.74, 6) is -0.305. The Morgan fingerprint density at radius 3 is 2.52 bits per heavy atom. The predicted octanol–water partition coefficient (Wildman–Crippen LogP) is 5.99. The average Bonchev–Trinajstić information content (AvgIpc) is 3.10. The van der Waals surface area contributed by atoms with E-state index in [0.29, 0.717) is 27.0 Å². The summed E-state index contributed by atoms with van der Waals surface area (Å²) >= 11 is 12.4. The van der Waals surface area contributed by atoms with Crippen LogP contribution in [0.1, 0.15) is 23.0 Å². The molecule has 0 aliphatic heterocycles. The van der Waals surface area contributed by atoms with Gasteiger partial charge in [-0.1, -0.05) is 47.5 Å². The molecule has 5 nitrogen and oxygen atoms in total. The summed E-state index contributed by atoms with van der Waals surface area (Å²) in [6.07, 6.45) is 1.78. The summed E-state index contributed by atoms with van der Waals surface area (Å²) in [5.41, 5.74) is 4.18. The van der Waals surface area contributed by atoms with Gasteiger partial charge < -0.3 is 5.32 Å². The molecule has 0 aliphatic carbocycles. The maximum absolute atomic E-state index is 13.2. The fourth-order valence-corrected chi connectivity index (χ4v) is 3.81. The molecule has 0 saturated heterocycles. The van der Waals surface area contributed by atoms with Crippen molar-refractivity contribution in [1.29, 1.82) is 0 Å². The first-order valence-corrected chi connectivity index (χ1v) is 9.93. The van der Waals surface area contributed by atoms with Crippen molar-refractivity contribution < 1.29 is 4.79 Å². The first kappa shape index (κ1) is 19.4. The Hall–Kier alpha value is -2.89. The largest absolute Gasteiger partial charge is 0.319 e. The molecule has 29 heavy (non-hydrogen) atoms. The van der Waals surface area contributed by atoms with Crippen molar-refractivity contribution in [3.05, 3.63) is 76.0 Å². The van der Waals surface area contributed by atoms with E-state index in [1.54, 1.807) is 30.5 Å². The molecule has 0 fully saturated rings. The van der Waals surface area contributed by atoms with Crippen molar-refractivity contribution in [2.45, 2.75) is 20.4 Å². The van der Waals surface area contributed by atoms with E-state index < -0.39 is 0 Å². The van der Waals surface area contributed by atoms with Crippen molar-refractivity contribution in [1.82, 2.24) is 14.8 Å². The van der Waals surface area contributed by atoms with Crippen LogP contribution in [0.25, 0.3) is 22.2 Å². The third kappa shape index (κ3) is 3.59. The van der Waals surface area contributed by atoms with E-state index >= 15 is 0 Å². The van der Waals surface area contributed by atoms with Crippen LogP contribution in [-0.2, 0) is 6.54 Å². The number of hydrogen-bond acceptors (Lipinski definition) is 3. The molecule has 7 heteroatoms. The van der Waals surface area contributed by atoms with Crippen LogP contribution in [0.3, 0.4) is 0 Å². The zero-order chi connectivity index (χ0) is 20.5. The Labute approximate surface area is 178 Å². The van der Waals surface area contributed by atoms with E-state index in [-0.39, 0.29) is 5.91 Å². The fraction of sp³-hybridized carbons (Fsp3) is 0.136. The second-order valence-electron chi connectivity index (χ2n) is 6.58. The fourth-order valence-electron chi connectivity index (χ4n) is 3.32. The second-order valence-corrected chi connectivity index (χ2v) is 7.40. The number of anilines is 1. The molecule has 2 aromatic carbocycles. The predicted molar refractivity (Wildman–Crippen MR) is 118 cm³/mol. The number of fused-ring (bicyclic) bond motifs is 1. The minimum absolute atomic E-state index is 0.305. The molecule has 1 amide bonds. The van der Waals surface area contributed by atoms with Gasteiger partial charge in [-0.25, -0.2) is 4.98 Å². The van der Waals surface area contributed by atoms with Gasteiger partial charge in [0.1, 0.15) is 0 Å². The highest BCUT2D eigenvalue weighted by Gasteiger charge is 2.18. The van der Waals surface area contributed by atoms with Gasteiger partial charge in [-0.2, -0.15) is 5.10 Å². The lowest BCUT2D eigenvalue weighted by Crippen LogP contribution is -2.14. The number of amides is 1. The highest BCUT2D eigenvalue weighted by Crippen LogP contribution is 2.32. The summed E-state index contributed by atoms with van der Waals surface area (Å²) < 4.78 is 1.90.